The van der Waals surface area contributed by atoms with Crippen molar-refractivity contribution in [3.8, 4) is 11.7 Å². The second kappa shape index (κ2) is 7.67. The van der Waals surface area contributed by atoms with E-state index in [2.05, 4.69) is 20.3 Å². The van der Waals surface area contributed by atoms with Crippen molar-refractivity contribution in [3.63, 3.8) is 0 Å². The van der Waals surface area contributed by atoms with Crippen LogP contribution in [0.15, 0.2) is 30.5 Å². The number of ether oxygens (including phenoxy) is 1. The average molecular weight is 398 g/mol. The monoisotopic (exact) mass is 397 g/mol. The number of rotatable bonds is 5. The van der Waals surface area contributed by atoms with Crippen molar-refractivity contribution < 1.29 is 9.53 Å². The molecule has 0 unspecified atom stereocenters. The van der Waals surface area contributed by atoms with Crippen molar-refractivity contribution in [3.05, 3.63) is 58.1 Å². The second-order valence-electron chi connectivity index (χ2n) is 6.87. The maximum atomic E-state index is 12.7. The van der Waals surface area contributed by atoms with Crippen LogP contribution in [0.5, 0.6) is 5.75 Å². The molecule has 0 spiro atoms. The molecule has 2 aromatic heterocycles. The van der Waals surface area contributed by atoms with E-state index in [0.29, 0.717) is 16.7 Å². The zero-order valence-corrected chi connectivity index (χ0v) is 16.5. The van der Waals surface area contributed by atoms with Gasteiger partial charge in [-0.1, -0.05) is 16.8 Å². The molecule has 0 fully saturated rings. The Hall–Kier alpha value is -2.80. The van der Waals surface area contributed by atoms with Gasteiger partial charge in [-0.3, -0.25) is 4.79 Å². The highest BCUT2D eigenvalue weighted by molar-refractivity contribution is 6.30. The van der Waals surface area contributed by atoms with E-state index in [1.165, 1.54) is 16.7 Å². The first-order chi connectivity index (χ1) is 13.5. The molecule has 0 saturated carbocycles. The Morgan fingerprint density at radius 2 is 1.93 bits per heavy atom. The molecule has 144 valence electrons. The van der Waals surface area contributed by atoms with Crippen LogP contribution in [0.25, 0.3) is 5.95 Å². The van der Waals surface area contributed by atoms with Gasteiger partial charge in [0.2, 0.25) is 5.78 Å². The summed E-state index contributed by atoms with van der Waals surface area (Å²) >= 11 is 5.87. The summed E-state index contributed by atoms with van der Waals surface area (Å²) in [5, 5.41) is 8.65. The highest BCUT2D eigenvalue weighted by Gasteiger charge is 2.22. The highest BCUT2D eigenvalue weighted by atomic mass is 35.5. The summed E-state index contributed by atoms with van der Waals surface area (Å²) in [6.07, 6.45) is 5.10. The maximum absolute atomic E-state index is 12.7. The number of fused-ring (bicyclic) bond motifs is 1. The van der Waals surface area contributed by atoms with Crippen LogP contribution < -0.4 is 4.74 Å². The quantitative estimate of drug-likeness (QED) is 0.612. The fraction of sp³-hybridized carbons (Fsp3) is 0.350. The van der Waals surface area contributed by atoms with Gasteiger partial charge < -0.3 is 4.74 Å². The molecule has 28 heavy (non-hydrogen) atoms. The first-order valence-electron chi connectivity index (χ1n) is 9.27. The van der Waals surface area contributed by atoms with E-state index >= 15 is 0 Å². The summed E-state index contributed by atoms with van der Waals surface area (Å²) in [5.74, 6) is 0.734. The van der Waals surface area contributed by atoms with Crippen LogP contribution in [0.3, 0.4) is 0 Å². The van der Waals surface area contributed by atoms with E-state index in [9.17, 15) is 4.79 Å². The van der Waals surface area contributed by atoms with Gasteiger partial charge in [0.15, 0.2) is 11.8 Å². The van der Waals surface area contributed by atoms with E-state index < -0.39 is 6.10 Å². The minimum absolute atomic E-state index is 0.209. The van der Waals surface area contributed by atoms with E-state index in [1.54, 1.807) is 37.4 Å². The standard InChI is InChI=1S/C20H20ClN5O2/c1-12-16-5-3-4-6-17(16)23-20(22-12)26-11-18(24-25-26)19(27)13(2)28-15-9-7-14(21)8-10-15/h7-11,13H,3-6H2,1-2H3/t13-/m1/s1. The zero-order valence-electron chi connectivity index (χ0n) is 15.7. The number of aryl methyl sites for hydroxylation is 2. The minimum atomic E-state index is -0.711. The van der Waals surface area contributed by atoms with Crippen LogP contribution in [0, 0.1) is 6.92 Å². The molecule has 2 heterocycles. The van der Waals surface area contributed by atoms with Gasteiger partial charge in [0.1, 0.15) is 5.75 Å². The summed E-state index contributed by atoms with van der Waals surface area (Å²) in [7, 11) is 0. The molecule has 0 saturated heterocycles. The number of Topliss-reactive ketones (excluding diaryl/α,β-unsaturated/α-hetero) is 1. The summed E-state index contributed by atoms with van der Waals surface area (Å²) in [4.78, 5) is 21.8. The van der Waals surface area contributed by atoms with Crippen molar-refractivity contribution in [2.75, 3.05) is 0 Å². The van der Waals surface area contributed by atoms with Crippen LogP contribution >= 0.6 is 11.6 Å². The summed E-state index contributed by atoms with van der Waals surface area (Å²) in [6, 6.07) is 6.85. The van der Waals surface area contributed by atoms with Crippen molar-refractivity contribution >= 4 is 17.4 Å². The lowest BCUT2D eigenvalue weighted by molar-refractivity contribution is 0.0812. The van der Waals surface area contributed by atoms with Gasteiger partial charge in [-0.25, -0.2) is 9.97 Å². The summed E-state index contributed by atoms with van der Waals surface area (Å²) in [6.45, 7) is 3.66. The number of hydrogen-bond donors (Lipinski definition) is 0. The molecule has 8 heteroatoms. The Balaban J connectivity index is 1.53. The van der Waals surface area contributed by atoms with Crippen LogP contribution in [0.2, 0.25) is 5.02 Å². The highest BCUT2D eigenvalue weighted by Crippen LogP contribution is 2.22. The Morgan fingerprint density at radius 1 is 1.18 bits per heavy atom. The van der Waals surface area contributed by atoms with Gasteiger partial charge >= 0.3 is 0 Å². The lowest BCUT2D eigenvalue weighted by Gasteiger charge is -2.17. The molecule has 3 aromatic rings. The number of carbonyl (C=O) groups excluding carboxylic acids is 1. The fourth-order valence-electron chi connectivity index (χ4n) is 3.32. The lowest BCUT2D eigenvalue weighted by Crippen LogP contribution is -2.24. The van der Waals surface area contributed by atoms with Gasteiger partial charge in [-0.05, 0) is 69.4 Å². The Labute approximate surface area is 167 Å². The predicted molar refractivity (Wildman–Crippen MR) is 104 cm³/mol. The first kappa shape index (κ1) is 18.6. The van der Waals surface area contributed by atoms with Gasteiger partial charge in [0.25, 0.3) is 5.95 Å². The minimum Gasteiger partial charge on any atom is -0.483 e. The third-order valence-electron chi connectivity index (χ3n) is 4.82. The molecule has 0 radical (unpaired) electrons. The molecule has 0 N–H and O–H groups in total. The largest absolute Gasteiger partial charge is 0.483 e. The molecule has 7 nitrogen and oxygen atoms in total. The summed E-state index contributed by atoms with van der Waals surface area (Å²) in [5.41, 5.74) is 3.47. The SMILES string of the molecule is Cc1nc(-n2cc(C(=O)[C@@H](C)Oc3ccc(Cl)cc3)nn2)nc2c1CCCC2. The van der Waals surface area contributed by atoms with E-state index in [-0.39, 0.29) is 11.5 Å². The van der Waals surface area contributed by atoms with Crippen molar-refractivity contribution in [1.82, 2.24) is 25.0 Å². The number of hydrogen-bond acceptors (Lipinski definition) is 6. The number of carbonyl (C=O) groups is 1. The lowest BCUT2D eigenvalue weighted by atomic mass is 9.95. The third kappa shape index (κ3) is 3.75. The zero-order chi connectivity index (χ0) is 19.7. The number of nitrogens with zero attached hydrogens (tertiary/aromatic N) is 5. The maximum Gasteiger partial charge on any atom is 0.252 e. The second-order valence-corrected chi connectivity index (χ2v) is 7.30. The number of ketones is 1. The molecular formula is C20H20ClN5O2. The molecular weight excluding hydrogens is 378 g/mol. The van der Waals surface area contributed by atoms with Crippen LogP contribution in [-0.2, 0) is 12.8 Å². The molecule has 1 aliphatic carbocycles. The number of aromatic nitrogens is 5. The van der Waals surface area contributed by atoms with E-state index in [1.807, 2.05) is 6.92 Å². The van der Waals surface area contributed by atoms with Crippen molar-refractivity contribution in [2.45, 2.75) is 45.6 Å². The van der Waals surface area contributed by atoms with E-state index in [4.69, 9.17) is 16.3 Å². The van der Waals surface area contributed by atoms with Gasteiger partial charge in [0.05, 0.1) is 6.20 Å². The van der Waals surface area contributed by atoms with E-state index in [0.717, 1.165) is 30.7 Å². The smallest absolute Gasteiger partial charge is 0.252 e. The predicted octanol–water partition coefficient (Wildman–Crippen LogP) is 3.55. The average Bonchev–Trinajstić information content (AvgIpc) is 3.19. The van der Waals surface area contributed by atoms with Crippen LogP contribution in [-0.4, -0.2) is 36.8 Å². The summed E-state index contributed by atoms with van der Waals surface area (Å²) < 4.78 is 7.13. The molecule has 4 rings (SSSR count). The Morgan fingerprint density at radius 3 is 2.71 bits per heavy atom. The Bertz CT molecular complexity index is 1020. The van der Waals surface area contributed by atoms with Crippen molar-refractivity contribution in [1.29, 1.82) is 0 Å². The van der Waals surface area contributed by atoms with Crippen LogP contribution in [0.4, 0.5) is 0 Å². The molecule has 0 amide bonds. The van der Waals surface area contributed by atoms with Crippen LogP contribution in [0.1, 0.15) is 47.2 Å². The Kier molecular flexibility index (Phi) is 5.09. The topological polar surface area (TPSA) is 82.8 Å². The molecule has 0 bridgehead atoms. The van der Waals surface area contributed by atoms with Gasteiger partial charge in [-0.2, -0.15) is 4.68 Å². The third-order valence-corrected chi connectivity index (χ3v) is 5.08. The van der Waals surface area contributed by atoms with Crippen molar-refractivity contribution in [2.24, 2.45) is 0 Å². The molecule has 1 aromatic carbocycles. The number of halogens is 1. The molecule has 1 atom stereocenters. The molecule has 1 aliphatic rings. The normalized spacial score (nSPS) is 14.4. The fourth-order valence-corrected chi connectivity index (χ4v) is 3.45. The van der Waals surface area contributed by atoms with Gasteiger partial charge in [-0.15, -0.1) is 5.10 Å². The first-order valence-corrected chi connectivity index (χ1v) is 9.64. The number of benzene rings is 1. The van der Waals surface area contributed by atoms with Gasteiger partial charge in [0, 0.05) is 16.4 Å². The molecule has 0 aliphatic heterocycles.